The van der Waals surface area contributed by atoms with E-state index in [2.05, 4.69) is 31.9 Å². The molecule has 0 heterocycles. The maximum absolute atomic E-state index is 12.4. The van der Waals surface area contributed by atoms with Crippen molar-refractivity contribution >= 4 is 63.5 Å². The maximum Gasteiger partial charge on any atom is 0.295 e. The van der Waals surface area contributed by atoms with Crippen molar-refractivity contribution in [1.82, 2.24) is 0 Å². The third-order valence-corrected chi connectivity index (χ3v) is 7.42. The van der Waals surface area contributed by atoms with E-state index in [1.165, 1.54) is 0 Å². The molecule has 4 aromatic rings. The van der Waals surface area contributed by atoms with Gasteiger partial charge < -0.3 is 0 Å². The van der Waals surface area contributed by atoms with Gasteiger partial charge >= 0.3 is 0 Å². The Balaban J connectivity index is 2.28. The van der Waals surface area contributed by atoms with Crippen molar-refractivity contribution in [3.63, 3.8) is 0 Å². The molecule has 4 aromatic carbocycles. The second kappa shape index (κ2) is 6.46. The van der Waals surface area contributed by atoms with Crippen LogP contribution in [-0.2, 0) is 10.1 Å². The predicted molar refractivity (Wildman–Crippen MR) is 112 cm³/mol. The normalized spacial score (nSPS) is 12.0. The largest absolute Gasteiger partial charge is 0.295 e. The third kappa shape index (κ3) is 2.87. The van der Waals surface area contributed by atoms with Crippen LogP contribution in [0.1, 0.15) is 0 Å². The van der Waals surface area contributed by atoms with Crippen molar-refractivity contribution in [2.75, 3.05) is 0 Å². The molecular weight excluding hydrogens is 480 g/mol. The van der Waals surface area contributed by atoms with Crippen LogP contribution in [0, 0.1) is 0 Å². The molecular formula is C20H12Br2O3S. The highest BCUT2D eigenvalue weighted by molar-refractivity contribution is 9.13. The van der Waals surface area contributed by atoms with Gasteiger partial charge in [0.15, 0.2) is 0 Å². The molecule has 26 heavy (non-hydrogen) atoms. The summed E-state index contributed by atoms with van der Waals surface area (Å²) in [4.78, 5) is -0.0977. The molecule has 6 heteroatoms. The van der Waals surface area contributed by atoms with Crippen LogP contribution in [0.25, 0.3) is 32.7 Å². The van der Waals surface area contributed by atoms with Gasteiger partial charge in [0.1, 0.15) is 4.90 Å². The van der Waals surface area contributed by atoms with Gasteiger partial charge in [0.25, 0.3) is 10.1 Å². The number of fused-ring (bicyclic) bond motifs is 2. The number of hydrogen-bond acceptors (Lipinski definition) is 2. The van der Waals surface area contributed by atoms with Crippen LogP contribution in [0.4, 0.5) is 0 Å². The highest BCUT2D eigenvalue weighted by Gasteiger charge is 2.26. The van der Waals surface area contributed by atoms with Crippen molar-refractivity contribution in [3.8, 4) is 11.1 Å². The van der Waals surface area contributed by atoms with Crippen LogP contribution in [0.2, 0.25) is 0 Å². The zero-order chi connectivity index (χ0) is 18.5. The van der Waals surface area contributed by atoms with Gasteiger partial charge in [-0.1, -0.05) is 54.6 Å². The molecule has 0 spiro atoms. The maximum atomic E-state index is 12.4. The van der Waals surface area contributed by atoms with E-state index in [0.29, 0.717) is 26.4 Å². The average Bonchev–Trinajstić information content (AvgIpc) is 2.63. The molecule has 0 saturated heterocycles. The number of halogens is 2. The number of hydrogen-bond donors (Lipinski definition) is 1. The number of benzene rings is 4. The van der Waals surface area contributed by atoms with Crippen molar-refractivity contribution in [2.45, 2.75) is 4.90 Å². The molecule has 0 saturated carbocycles. The fourth-order valence-electron chi connectivity index (χ4n) is 3.20. The lowest BCUT2D eigenvalue weighted by molar-refractivity contribution is 0.484. The highest BCUT2D eigenvalue weighted by atomic mass is 79.9. The summed E-state index contributed by atoms with van der Waals surface area (Å²) < 4.78 is 36.1. The van der Waals surface area contributed by atoms with Crippen LogP contribution in [0.3, 0.4) is 0 Å². The van der Waals surface area contributed by atoms with Gasteiger partial charge in [-0.3, -0.25) is 4.55 Å². The fraction of sp³-hybridized carbons (Fsp3) is 0. The van der Waals surface area contributed by atoms with E-state index in [1.807, 2.05) is 60.7 Å². The Morgan fingerprint density at radius 1 is 0.731 bits per heavy atom. The Hall–Kier alpha value is -1.73. The standard InChI is InChI=1S/C20H12Br2O3S/c21-18-15-10-13-8-4-5-9-14(13)11-16(15)20(26(23,24)25)17(19(18)22)12-6-2-1-3-7-12/h1-11H,(H,23,24,25). The van der Waals surface area contributed by atoms with Crippen molar-refractivity contribution in [1.29, 1.82) is 0 Å². The van der Waals surface area contributed by atoms with Crippen molar-refractivity contribution < 1.29 is 13.0 Å². The van der Waals surface area contributed by atoms with E-state index in [9.17, 15) is 13.0 Å². The molecule has 0 aliphatic rings. The molecule has 0 bridgehead atoms. The lowest BCUT2D eigenvalue weighted by atomic mass is 9.98. The Labute approximate surface area is 167 Å². The van der Waals surface area contributed by atoms with Crippen LogP contribution in [0.15, 0.2) is 80.6 Å². The predicted octanol–water partition coefficient (Wildman–Crippen LogP) is 6.43. The lowest BCUT2D eigenvalue weighted by Crippen LogP contribution is -2.04. The van der Waals surface area contributed by atoms with Crippen LogP contribution in [-0.4, -0.2) is 13.0 Å². The molecule has 0 atom stereocenters. The smallest absolute Gasteiger partial charge is 0.282 e. The van der Waals surface area contributed by atoms with Gasteiger partial charge in [-0.05, 0) is 65.7 Å². The van der Waals surface area contributed by atoms with Crippen molar-refractivity contribution in [2.24, 2.45) is 0 Å². The Bertz CT molecular complexity index is 1270. The molecule has 4 rings (SSSR count). The summed E-state index contributed by atoms with van der Waals surface area (Å²) in [6.45, 7) is 0. The number of rotatable bonds is 2. The van der Waals surface area contributed by atoms with Gasteiger partial charge in [-0.15, -0.1) is 0 Å². The first-order valence-corrected chi connectivity index (χ1v) is 10.8. The van der Waals surface area contributed by atoms with E-state index >= 15 is 0 Å². The molecule has 0 aliphatic carbocycles. The summed E-state index contributed by atoms with van der Waals surface area (Å²) in [5.74, 6) is 0. The molecule has 0 aromatic heterocycles. The SMILES string of the molecule is O=S(=O)(O)c1c(-c2ccccc2)c(Br)c(Br)c2cc3ccccc3cc12. The molecule has 1 N–H and O–H groups in total. The van der Waals surface area contributed by atoms with Gasteiger partial charge in [0, 0.05) is 19.9 Å². The van der Waals surface area contributed by atoms with Crippen molar-refractivity contribution in [3.05, 3.63) is 75.7 Å². The summed E-state index contributed by atoms with van der Waals surface area (Å²) >= 11 is 7.12. The molecule has 0 aliphatic heterocycles. The van der Waals surface area contributed by atoms with E-state index in [-0.39, 0.29) is 4.90 Å². The summed E-state index contributed by atoms with van der Waals surface area (Å²) in [7, 11) is -4.47. The minimum atomic E-state index is -4.47. The van der Waals surface area contributed by atoms with Gasteiger partial charge in [-0.25, -0.2) is 0 Å². The van der Waals surface area contributed by atoms with E-state index in [0.717, 1.165) is 15.2 Å². The second-order valence-corrected chi connectivity index (χ2v) is 8.86. The van der Waals surface area contributed by atoms with E-state index < -0.39 is 10.1 Å². The molecule has 0 unspecified atom stereocenters. The lowest BCUT2D eigenvalue weighted by Gasteiger charge is -2.16. The summed E-state index contributed by atoms with van der Waals surface area (Å²) in [5, 5.41) is 3.07. The van der Waals surface area contributed by atoms with E-state index in [4.69, 9.17) is 0 Å². The topological polar surface area (TPSA) is 54.4 Å². The minimum absolute atomic E-state index is 0.0977. The molecule has 0 radical (unpaired) electrons. The first-order chi connectivity index (χ1) is 12.4. The average molecular weight is 492 g/mol. The fourth-order valence-corrected chi connectivity index (χ4v) is 5.43. The minimum Gasteiger partial charge on any atom is -0.282 e. The Morgan fingerprint density at radius 3 is 1.85 bits per heavy atom. The first kappa shape index (κ1) is 17.7. The highest BCUT2D eigenvalue weighted by Crippen LogP contribution is 2.45. The Morgan fingerprint density at radius 2 is 1.27 bits per heavy atom. The zero-order valence-electron chi connectivity index (χ0n) is 13.3. The quantitative estimate of drug-likeness (QED) is 0.259. The van der Waals surface area contributed by atoms with Crippen LogP contribution < -0.4 is 0 Å². The summed E-state index contributed by atoms with van der Waals surface area (Å²) in [6, 6.07) is 20.6. The second-order valence-electron chi connectivity index (χ2n) is 5.92. The molecule has 0 amide bonds. The van der Waals surface area contributed by atoms with Gasteiger partial charge in [0.05, 0.1) is 0 Å². The third-order valence-electron chi connectivity index (χ3n) is 4.33. The van der Waals surface area contributed by atoms with Crippen LogP contribution in [0.5, 0.6) is 0 Å². The molecule has 130 valence electrons. The van der Waals surface area contributed by atoms with Gasteiger partial charge in [-0.2, -0.15) is 8.42 Å². The molecule has 0 fully saturated rings. The van der Waals surface area contributed by atoms with Gasteiger partial charge in [0.2, 0.25) is 0 Å². The Kier molecular flexibility index (Phi) is 4.39. The first-order valence-electron chi connectivity index (χ1n) is 7.74. The molecule has 3 nitrogen and oxygen atoms in total. The zero-order valence-corrected chi connectivity index (χ0v) is 17.3. The van der Waals surface area contributed by atoms with E-state index in [1.54, 1.807) is 6.07 Å². The monoisotopic (exact) mass is 490 g/mol. The van der Waals surface area contributed by atoms with Crippen LogP contribution >= 0.6 is 31.9 Å². The summed E-state index contributed by atoms with van der Waals surface area (Å²) in [5.41, 5.74) is 1.13. The summed E-state index contributed by atoms with van der Waals surface area (Å²) in [6.07, 6.45) is 0.